The summed E-state index contributed by atoms with van der Waals surface area (Å²) in [5.74, 6) is -1.58. The zero-order chi connectivity index (χ0) is 21.5. The molecule has 152 valence electrons. The van der Waals surface area contributed by atoms with Crippen molar-refractivity contribution in [2.24, 2.45) is 11.8 Å². The van der Waals surface area contributed by atoms with Crippen molar-refractivity contribution in [3.05, 3.63) is 101 Å². The largest absolute Gasteiger partial charge is 0.295 e. The van der Waals surface area contributed by atoms with Gasteiger partial charge in [0.05, 0.1) is 21.8 Å². The van der Waals surface area contributed by atoms with Crippen LogP contribution in [0, 0.1) is 11.8 Å². The van der Waals surface area contributed by atoms with Crippen LogP contribution in [0.4, 0.5) is 5.69 Å². The van der Waals surface area contributed by atoms with Crippen molar-refractivity contribution in [1.82, 2.24) is 0 Å². The van der Waals surface area contributed by atoms with Gasteiger partial charge in [-0.1, -0.05) is 64.5 Å². The predicted molar refractivity (Wildman–Crippen MR) is 120 cm³/mol. The molecule has 1 fully saturated rings. The number of Topliss-reactive ketones (excluding diaryl/α,β-unsaturated/α-hetero) is 1. The summed E-state index contributed by atoms with van der Waals surface area (Å²) in [4.78, 5) is 40.5. The van der Waals surface area contributed by atoms with E-state index >= 15 is 0 Å². The average Bonchev–Trinajstić information content (AvgIpc) is 3.06. The molecule has 0 N–H and O–H groups in total. The quantitative estimate of drug-likeness (QED) is 0.306. The molecule has 2 atom stereocenters. The van der Waals surface area contributed by atoms with Gasteiger partial charge in [0.1, 0.15) is 0 Å². The number of carbonyl (C=O) groups is 3. The molecule has 4 nitrogen and oxygen atoms in total. The molecular formula is C26H18BrNO3. The fourth-order valence-corrected chi connectivity index (χ4v) is 6.98. The third-order valence-corrected chi connectivity index (χ3v) is 8.39. The molecule has 0 saturated carbocycles. The van der Waals surface area contributed by atoms with Crippen LogP contribution in [0.15, 0.2) is 72.8 Å². The number of anilines is 1. The maximum Gasteiger partial charge on any atom is 0.239 e. The molecule has 0 aromatic heterocycles. The molecule has 1 heterocycles. The number of halogens is 1. The third kappa shape index (κ3) is 2.22. The molecule has 7 rings (SSSR count). The molecule has 3 aliphatic carbocycles. The minimum atomic E-state index is -0.750. The third-order valence-electron chi connectivity index (χ3n) is 7.05. The van der Waals surface area contributed by atoms with Gasteiger partial charge in [0.15, 0.2) is 5.78 Å². The van der Waals surface area contributed by atoms with Crippen LogP contribution in [0.2, 0.25) is 0 Å². The minimum absolute atomic E-state index is 0.0531. The summed E-state index contributed by atoms with van der Waals surface area (Å²) in [6, 6.07) is 22.9. The first kappa shape index (κ1) is 18.7. The summed E-state index contributed by atoms with van der Waals surface area (Å²) in [6.45, 7) is 1.50. The number of amides is 2. The molecule has 3 aromatic rings. The van der Waals surface area contributed by atoms with Gasteiger partial charge in [0, 0.05) is 11.5 Å². The number of nitrogens with zero attached hydrogens (tertiary/aromatic N) is 1. The lowest BCUT2D eigenvalue weighted by molar-refractivity contribution is -0.122. The average molecular weight is 472 g/mol. The van der Waals surface area contributed by atoms with E-state index in [4.69, 9.17) is 0 Å². The highest BCUT2D eigenvalue weighted by molar-refractivity contribution is 9.09. The van der Waals surface area contributed by atoms with E-state index in [0.717, 1.165) is 22.3 Å². The van der Waals surface area contributed by atoms with Gasteiger partial charge in [-0.25, -0.2) is 4.90 Å². The summed E-state index contributed by atoms with van der Waals surface area (Å²) in [6.07, 6.45) is 0. The number of hydrogen-bond acceptors (Lipinski definition) is 3. The van der Waals surface area contributed by atoms with Crippen molar-refractivity contribution in [1.29, 1.82) is 0 Å². The van der Waals surface area contributed by atoms with E-state index < -0.39 is 16.2 Å². The van der Waals surface area contributed by atoms with Gasteiger partial charge in [0.2, 0.25) is 11.8 Å². The van der Waals surface area contributed by atoms with Crippen LogP contribution in [-0.4, -0.2) is 17.6 Å². The maximum atomic E-state index is 13.8. The summed E-state index contributed by atoms with van der Waals surface area (Å²) in [7, 11) is 0. The molecule has 2 bridgehead atoms. The Morgan fingerprint density at radius 3 is 1.94 bits per heavy atom. The lowest BCUT2D eigenvalue weighted by atomic mass is 9.55. The van der Waals surface area contributed by atoms with Gasteiger partial charge in [-0.3, -0.25) is 14.4 Å². The Balaban J connectivity index is 1.55. The van der Waals surface area contributed by atoms with E-state index in [2.05, 4.69) is 40.2 Å². The predicted octanol–water partition coefficient (Wildman–Crippen LogP) is 4.79. The molecule has 0 unspecified atom stereocenters. The van der Waals surface area contributed by atoms with Crippen molar-refractivity contribution in [3.8, 4) is 0 Å². The number of hydrogen-bond donors (Lipinski definition) is 0. The van der Waals surface area contributed by atoms with Crippen LogP contribution in [0.5, 0.6) is 0 Å². The SMILES string of the molecule is CC(=O)c1ccc(N2C(=O)[C@H]3C4c5ccccc5C(Br)(c5ccccc54)[C@H]3C2=O)cc1. The topological polar surface area (TPSA) is 54.5 Å². The fourth-order valence-electron chi connectivity index (χ4n) is 5.78. The van der Waals surface area contributed by atoms with Gasteiger partial charge in [-0.2, -0.15) is 0 Å². The first-order valence-corrected chi connectivity index (χ1v) is 11.1. The van der Waals surface area contributed by atoms with Gasteiger partial charge in [-0.05, 0) is 53.4 Å². The van der Waals surface area contributed by atoms with Crippen molar-refractivity contribution >= 4 is 39.2 Å². The number of benzene rings is 3. The molecule has 3 aromatic carbocycles. The highest BCUT2D eigenvalue weighted by Gasteiger charge is 2.67. The Kier molecular flexibility index (Phi) is 3.76. The van der Waals surface area contributed by atoms with E-state index in [9.17, 15) is 14.4 Å². The number of ketones is 1. The maximum absolute atomic E-state index is 13.8. The molecule has 0 spiro atoms. The molecule has 2 amide bonds. The summed E-state index contributed by atoms with van der Waals surface area (Å²) < 4.78 is -0.750. The normalized spacial score (nSPS) is 27.7. The number of imide groups is 1. The molecule has 1 saturated heterocycles. The van der Waals surface area contributed by atoms with E-state index in [1.54, 1.807) is 24.3 Å². The second-order valence-electron chi connectivity index (χ2n) is 8.48. The number of rotatable bonds is 2. The van der Waals surface area contributed by atoms with Gasteiger partial charge in [-0.15, -0.1) is 0 Å². The highest BCUT2D eigenvalue weighted by Crippen LogP contribution is 2.66. The summed E-state index contributed by atoms with van der Waals surface area (Å²) >= 11 is 3.99. The summed E-state index contributed by atoms with van der Waals surface area (Å²) in [5, 5.41) is 0. The highest BCUT2D eigenvalue weighted by atomic mass is 79.9. The second-order valence-corrected chi connectivity index (χ2v) is 9.73. The van der Waals surface area contributed by atoms with E-state index in [1.165, 1.54) is 11.8 Å². The first-order chi connectivity index (χ1) is 14.9. The van der Waals surface area contributed by atoms with Gasteiger partial charge >= 0.3 is 0 Å². The Hall–Kier alpha value is -3.05. The first-order valence-electron chi connectivity index (χ1n) is 10.3. The Bertz CT molecular complexity index is 1250. The Morgan fingerprint density at radius 1 is 0.839 bits per heavy atom. The molecule has 4 aliphatic rings. The molecule has 0 radical (unpaired) electrons. The monoisotopic (exact) mass is 471 g/mol. The lowest BCUT2D eigenvalue weighted by Crippen LogP contribution is -2.50. The molecule has 1 aliphatic heterocycles. The van der Waals surface area contributed by atoms with E-state index in [0.29, 0.717) is 11.3 Å². The van der Waals surface area contributed by atoms with E-state index in [1.807, 2.05) is 24.3 Å². The minimum Gasteiger partial charge on any atom is -0.295 e. The zero-order valence-electron chi connectivity index (χ0n) is 16.7. The lowest BCUT2D eigenvalue weighted by Gasteiger charge is -2.51. The molecule has 5 heteroatoms. The Morgan fingerprint density at radius 2 is 1.39 bits per heavy atom. The van der Waals surface area contributed by atoms with Crippen LogP contribution < -0.4 is 4.90 Å². The second kappa shape index (κ2) is 6.24. The zero-order valence-corrected chi connectivity index (χ0v) is 18.3. The van der Waals surface area contributed by atoms with Crippen molar-refractivity contribution in [3.63, 3.8) is 0 Å². The van der Waals surface area contributed by atoms with Crippen LogP contribution in [-0.2, 0) is 13.9 Å². The van der Waals surface area contributed by atoms with Crippen LogP contribution >= 0.6 is 15.9 Å². The van der Waals surface area contributed by atoms with Crippen LogP contribution in [0.25, 0.3) is 0 Å². The smallest absolute Gasteiger partial charge is 0.239 e. The van der Waals surface area contributed by atoms with Crippen molar-refractivity contribution in [2.45, 2.75) is 17.2 Å². The summed E-state index contributed by atoms with van der Waals surface area (Å²) in [5.41, 5.74) is 5.41. The van der Waals surface area contributed by atoms with Crippen LogP contribution in [0.3, 0.4) is 0 Å². The molecule has 31 heavy (non-hydrogen) atoms. The van der Waals surface area contributed by atoms with Crippen molar-refractivity contribution < 1.29 is 14.4 Å². The Labute approximate surface area is 188 Å². The number of carbonyl (C=O) groups excluding carboxylic acids is 3. The van der Waals surface area contributed by atoms with E-state index in [-0.39, 0.29) is 23.5 Å². The molecular weight excluding hydrogens is 454 g/mol. The number of alkyl halides is 1. The van der Waals surface area contributed by atoms with Crippen LogP contribution in [0.1, 0.15) is 45.5 Å². The standard InChI is InChI=1S/C26H18BrNO3/c1-14(29)15-10-12-16(13-11-15)28-24(30)22-21-17-6-2-4-8-19(17)26(27,23(22)25(28)31)20-9-5-3-7-18(20)21/h2-13,21-23H,1H3/t21?,22-,23+,26?/m0/s1. The van der Waals surface area contributed by atoms with Crippen molar-refractivity contribution in [2.75, 3.05) is 4.90 Å². The fraction of sp³-hybridized carbons (Fsp3) is 0.192. The van der Waals surface area contributed by atoms with Gasteiger partial charge < -0.3 is 0 Å². The van der Waals surface area contributed by atoms with Gasteiger partial charge in [0.25, 0.3) is 0 Å².